The first-order chi connectivity index (χ1) is 16.4. The third-order valence-electron chi connectivity index (χ3n) is 4.82. The highest BCUT2D eigenvalue weighted by Crippen LogP contribution is 2.24. The van der Waals surface area contributed by atoms with Crippen LogP contribution in [0.5, 0.6) is 0 Å². The first-order valence-corrected chi connectivity index (χ1v) is 10.8. The first kappa shape index (κ1) is 24.5. The van der Waals surface area contributed by atoms with Gasteiger partial charge in [-0.05, 0) is 39.0 Å². The molecular formula is C25H28FN7O. The highest BCUT2D eigenvalue weighted by Gasteiger charge is 2.18. The zero-order chi connectivity index (χ0) is 24.7. The third-order valence-corrected chi connectivity index (χ3v) is 4.82. The molecule has 0 aliphatic rings. The van der Waals surface area contributed by atoms with Crippen molar-refractivity contribution in [2.24, 2.45) is 4.99 Å². The van der Waals surface area contributed by atoms with E-state index in [-0.39, 0.29) is 18.3 Å². The summed E-state index contributed by atoms with van der Waals surface area (Å²) in [6.07, 6.45) is 6.76. The lowest BCUT2D eigenvalue weighted by atomic mass is 10.2. The summed E-state index contributed by atoms with van der Waals surface area (Å²) >= 11 is 0. The smallest absolute Gasteiger partial charge is 0.248 e. The van der Waals surface area contributed by atoms with Crippen LogP contribution < -0.4 is 10.6 Å². The second-order valence-electron chi connectivity index (χ2n) is 7.69. The maximum atomic E-state index is 14.3. The van der Waals surface area contributed by atoms with E-state index in [2.05, 4.69) is 30.7 Å². The molecule has 0 radical (unpaired) electrons. The fourth-order valence-corrected chi connectivity index (χ4v) is 3.29. The summed E-state index contributed by atoms with van der Waals surface area (Å²) in [4.78, 5) is 25.4. The molecule has 0 atom stereocenters. The predicted octanol–water partition coefficient (Wildman–Crippen LogP) is 4.47. The fourth-order valence-electron chi connectivity index (χ4n) is 3.29. The maximum absolute atomic E-state index is 14.3. The monoisotopic (exact) mass is 461 g/mol. The number of hydrogen-bond acceptors (Lipinski definition) is 6. The van der Waals surface area contributed by atoms with E-state index in [0.717, 1.165) is 5.57 Å². The van der Waals surface area contributed by atoms with E-state index in [1.54, 1.807) is 37.0 Å². The molecule has 34 heavy (non-hydrogen) atoms. The minimum absolute atomic E-state index is 0.217. The predicted molar refractivity (Wildman–Crippen MR) is 134 cm³/mol. The normalized spacial score (nSPS) is 11.5. The number of rotatable bonds is 8. The minimum atomic E-state index is -0.309. The van der Waals surface area contributed by atoms with Gasteiger partial charge in [0.2, 0.25) is 5.91 Å². The molecule has 0 saturated carbocycles. The van der Waals surface area contributed by atoms with Gasteiger partial charge in [-0.3, -0.25) is 14.5 Å². The summed E-state index contributed by atoms with van der Waals surface area (Å²) < 4.78 is 16.0. The van der Waals surface area contributed by atoms with E-state index in [1.165, 1.54) is 18.3 Å². The van der Waals surface area contributed by atoms with Crippen LogP contribution in [-0.2, 0) is 11.3 Å². The summed E-state index contributed by atoms with van der Waals surface area (Å²) in [5.41, 5.74) is 3.72. The molecule has 8 nitrogen and oxygen atoms in total. The van der Waals surface area contributed by atoms with Crippen molar-refractivity contribution in [1.82, 2.24) is 19.7 Å². The van der Waals surface area contributed by atoms with Crippen LogP contribution >= 0.6 is 0 Å². The lowest BCUT2D eigenvalue weighted by Crippen LogP contribution is -2.12. The van der Waals surface area contributed by atoms with Gasteiger partial charge in [0.1, 0.15) is 17.2 Å². The van der Waals surface area contributed by atoms with E-state index in [1.807, 2.05) is 39.0 Å². The molecule has 0 saturated heterocycles. The number of halogens is 1. The molecule has 1 aromatic carbocycles. The summed E-state index contributed by atoms with van der Waals surface area (Å²) in [7, 11) is 3.40. The van der Waals surface area contributed by atoms with Crippen molar-refractivity contribution in [2.75, 3.05) is 24.7 Å². The van der Waals surface area contributed by atoms with Crippen molar-refractivity contribution in [3.8, 4) is 11.5 Å². The third kappa shape index (κ3) is 5.80. The highest BCUT2D eigenvalue weighted by molar-refractivity contribution is 6.08. The highest BCUT2D eigenvalue weighted by atomic mass is 19.1. The Labute approximate surface area is 198 Å². The van der Waals surface area contributed by atoms with Gasteiger partial charge in [-0.15, -0.1) is 0 Å². The van der Waals surface area contributed by atoms with Crippen LogP contribution in [0.1, 0.15) is 32.0 Å². The van der Waals surface area contributed by atoms with E-state index in [4.69, 9.17) is 0 Å². The standard InChI is InChI=1S/C25H28FN7O/c1-6-9-19(27-4)22-13-20(32-33(22)15-17-10-7-8-11-18(17)26)25-29-14-21(24(28-5)31-25)30-23(34)12-16(2)3/h6-14H,15H2,1-5H3,(H,30,34)(H,28,29,31)/b9-6-,27-19?. The van der Waals surface area contributed by atoms with Crippen LogP contribution in [-0.4, -0.2) is 45.5 Å². The number of aromatic nitrogens is 4. The van der Waals surface area contributed by atoms with Crippen LogP contribution in [0.15, 0.2) is 65.3 Å². The summed E-state index contributed by atoms with van der Waals surface area (Å²) in [6, 6.07) is 8.40. The molecule has 2 N–H and O–H groups in total. The first-order valence-electron chi connectivity index (χ1n) is 10.8. The molecule has 3 rings (SSSR count). The Balaban J connectivity index is 2.04. The van der Waals surface area contributed by atoms with E-state index in [0.29, 0.717) is 40.0 Å². The number of benzene rings is 1. The molecule has 0 aliphatic carbocycles. The number of carbonyl (C=O) groups excluding carboxylic acids is 1. The lowest BCUT2D eigenvalue weighted by Gasteiger charge is -2.09. The van der Waals surface area contributed by atoms with Gasteiger partial charge >= 0.3 is 0 Å². The summed E-state index contributed by atoms with van der Waals surface area (Å²) in [5, 5.41) is 10.4. The van der Waals surface area contributed by atoms with Crippen LogP contribution in [0.25, 0.3) is 11.5 Å². The van der Waals surface area contributed by atoms with Crippen molar-refractivity contribution in [3.05, 3.63) is 77.4 Å². The van der Waals surface area contributed by atoms with E-state index < -0.39 is 0 Å². The molecule has 2 aromatic heterocycles. The van der Waals surface area contributed by atoms with Crippen LogP contribution in [0.3, 0.4) is 0 Å². The Morgan fingerprint density at radius 1 is 1.26 bits per heavy atom. The van der Waals surface area contributed by atoms with Crippen molar-refractivity contribution >= 4 is 23.1 Å². The molecular weight excluding hydrogens is 433 g/mol. The second kappa shape index (κ2) is 11.1. The van der Waals surface area contributed by atoms with Gasteiger partial charge in [-0.1, -0.05) is 29.8 Å². The molecule has 1 amide bonds. The number of amides is 1. The van der Waals surface area contributed by atoms with Crippen LogP contribution in [0.4, 0.5) is 15.9 Å². The van der Waals surface area contributed by atoms with Crippen LogP contribution in [0, 0.1) is 5.82 Å². The Morgan fingerprint density at radius 2 is 2.03 bits per heavy atom. The number of hydrogen-bond donors (Lipinski definition) is 2. The molecule has 0 aliphatic heterocycles. The lowest BCUT2D eigenvalue weighted by molar-refractivity contribution is -0.111. The number of carbonyl (C=O) groups is 1. The Morgan fingerprint density at radius 3 is 2.68 bits per heavy atom. The van der Waals surface area contributed by atoms with Gasteiger partial charge < -0.3 is 10.6 Å². The van der Waals surface area contributed by atoms with E-state index >= 15 is 0 Å². The molecule has 0 spiro atoms. The molecule has 0 unspecified atom stereocenters. The topological polar surface area (TPSA) is 97.1 Å². The summed E-state index contributed by atoms with van der Waals surface area (Å²) in [6.45, 7) is 5.80. The minimum Gasteiger partial charge on any atom is -0.371 e. The maximum Gasteiger partial charge on any atom is 0.248 e. The molecule has 2 heterocycles. The average Bonchev–Trinajstić information content (AvgIpc) is 3.22. The largest absolute Gasteiger partial charge is 0.371 e. The SMILES string of the molecule is C/C=C\C(=NC)c1cc(-c2ncc(NC(=O)C=C(C)C)c(NC)n2)nn1Cc1ccccc1F. The quantitative estimate of drug-likeness (QED) is 0.381. The Kier molecular flexibility index (Phi) is 8.02. The number of allylic oxidation sites excluding steroid dienone is 3. The number of nitrogens with zero attached hydrogens (tertiary/aromatic N) is 5. The zero-order valence-electron chi connectivity index (χ0n) is 19.9. The van der Waals surface area contributed by atoms with Gasteiger partial charge in [0.05, 0.1) is 24.1 Å². The Bertz CT molecular complexity index is 1270. The second-order valence-corrected chi connectivity index (χ2v) is 7.69. The summed E-state index contributed by atoms with van der Waals surface area (Å²) in [5.74, 6) is 0.230. The van der Waals surface area contributed by atoms with E-state index in [9.17, 15) is 9.18 Å². The zero-order valence-corrected chi connectivity index (χ0v) is 19.9. The molecule has 3 aromatic rings. The average molecular weight is 462 g/mol. The van der Waals surface area contributed by atoms with Crippen molar-refractivity contribution in [2.45, 2.75) is 27.3 Å². The van der Waals surface area contributed by atoms with Gasteiger partial charge in [0, 0.05) is 25.7 Å². The van der Waals surface area contributed by atoms with Gasteiger partial charge in [-0.2, -0.15) is 5.10 Å². The van der Waals surface area contributed by atoms with Gasteiger partial charge in [-0.25, -0.2) is 14.4 Å². The molecule has 9 heteroatoms. The van der Waals surface area contributed by atoms with Gasteiger partial charge in [0.25, 0.3) is 0 Å². The van der Waals surface area contributed by atoms with Crippen molar-refractivity contribution in [1.29, 1.82) is 0 Å². The van der Waals surface area contributed by atoms with Crippen molar-refractivity contribution < 1.29 is 9.18 Å². The number of aliphatic imine (C=N–C) groups is 1. The fraction of sp³-hybridized carbons (Fsp3) is 0.240. The van der Waals surface area contributed by atoms with Crippen molar-refractivity contribution in [3.63, 3.8) is 0 Å². The number of nitrogens with one attached hydrogen (secondary N) is 2. The molecule has 0 fully saturated rings. The van der Waals surface area contributed by atoms with Crippen LogP contribution in [0.2, 0.25) is 0 Å². The van der Waals surface area contributed by atoms with Gasteiger partial charge in [0.15, 0.2) is 11.6 Å². The Hall–Kier alpha value is -4.14. The molecule has 176 valence electrons. The number of anilines is 2. The molecule has 0 bridgehead atoms.